The zero-order valence-electron chi connectivity index (χ0n) is 13.6. The predicted octanol–water partition coefficient (Wildman–Crippen LogP) is 2.94. The average Bonchev–Trinajstić information content (AvgIpc) is 2.71. The van der Waals surface area contributed by atoms with Crippen LogP contribution in [-0.4, -0.2) is 17.1 Å². The number of anilines is 1. The molecule has 4 heteroatoms. The maximum Gasteiger partial charge on any atom is 0.241 e. The standard InChI is InChI=1S/C20H22N2O2/c21-17-8-4-15-12-14(5-9-18(15)22-19(17)23)13-2-6-16(7-3-13)20(24)10-1-11-20/h2-3,5-7,9,12,17,24H,1,4,8,10-11,21H2,(H,22,23). The number of hydrogen-bond donors (Lipinski definition) is 3. The van der Waals surface area contributed by atoms with Crippen molar-refractivity contribution in [3.05, 3.63) is 53.6 Å². The summed E-state index contributed by atoms with van der Waals surface area (Å²) in [6.45, 7) is 0. The molecule has 24 heavy (non-hydrogen) atoms. The van der Waals surface area contributed by atoms with Gasteiger partial charge < -0.3 is 16.2 Å². The molecule has 1 atom stereocenters. The first-order valence-corrected chi connectivity index (χ1v) is 8.58. The van der Waals surface area contributed by atoms with Gasteiger partial charge in [-0.15, -0.1) is 0 Å². The highest BCUT2D eigenvalue weighted by Crippen LogP contribution is 2.41. The van der Waals surface area contributed by atoms with E-state index in [0.29, 0.717) is 6.42 Å². The third-order valence-corrected chi connectivity index (χ3v) is 5.36. The van der Waals surface area contributed by atoms with Crippen molar-refractivity contribution in [2.45, 2.75) is 43.7 Å². The maximum absolute atomic E-state index is 11.8. The summed E-state index contributed by atoms with van der Waals surface area (Å²) in [5.41, 5.74) is 10.4. The number of amides is 1. The van der Waals surface area contributed by atoms with Gasteiger partial charge in [-0.3, -0.25) is 4.79 Å². The number of carbonyl (C=O) groups excluding carboxylic acids is 1. The summed E-state index contributed by atoms with van der Waals surface area (Å²) >= 11 is 0. The summed E-state index contributed by atoms with van der Waals surface area (Å²) in [5, 5.41) is 13.3. The summed E-state index contributed by atoms with van der Waals surface area (Å²) in [6.07, 6.45) is 4.25. The Morgan fingerprint density at radius 1 is 1.08 bits per heavy atom. The third kappa shape index (κ3) is 2.62. The number of benzene rings is 2. The van der Waals surface area contributed by atoms with E-state index < -0.39 is 11.6 Å². The first kappa shape index (κ1) is 15.4. The highest BCUT2D eigenvalue weighted by molar-refractivity contribution is 5.96. The van der Waals surface area contributed by atoms with Gasteiger partial charge in [-0.1, -0.05) is 30.3 Å². The average molecular weight is 322 g/mol. The molecule has 2 aliphatic rings. The molecule has 0 radical (unpaired) electrons. The molecule has 4 nitrogen and oxygen atoms in total. The van der Waals surface area contributed by atoms with Crippen LogP contribution in [0.2, 0.25) is 0 Å². The van der Waals surface area contributed by atoms with Crippen molar-refractivity contribution < 1.29 is 9.90 Å². The smallest absolute Gasteiger partial charge is 0.241 e. The van der Waals surface area contributed by atoms with Crippen LogP contribution >= 0.6 is 0 Å². The SMILES string of the molecule is NC1CCc2cc(-c3ccc(C4(O)CCC4)cc3)ccc2NC1=O. The van der Waals surface area contributed by atoms with Crippen LogP contribution in [0.1, 0.15) is 36.8 Å². The molecule has 0 aromatic heterocycles. The summed E-state index contributed by atoms with van der Waals surface area (Å²) in [6, 6.07) is 13.8. The predicted molar refractivity (Wildman–Crippen MR) is 94.6 cm³/mol. The van der Waals surface area contributed by atoms with Crippen molar-refractivity contribution in [2.75, 3.05) is 5.32 Å². The highest BCUT2D eigenvalue weighted by Gasteiger charge is 2.35. The van der Waals surface area contributed by atoms with Crippen molar-refractivity contribution in [2.24, 2.45) is 5.73 Å². The Bertz CT molecular complexity index is 779. The quantitative estimate of drug-likeness (QED) is 0.796. The molecule has 1 unspecified atom stereocenters. The number of nitrogens with two attached hydrogens (primary N) is 1. The Labute approximate surface area is 141 Å². The van der Waals surface area contributed by atoms with E-state index in [4.69, 9.17) is 5.73 Å². The molecule has 4 N–H and O–H groups in total. The molecular weight excluding hydrogens is 300 g/mol. The van der Waals surface area contributed by atoms with Gasteiger partial charge in [0.05, 0.1) is 11.6 Å². The number of hydrogen-bond acceptors (Lipinski definition) is 3. The second-order valence-electron chi connectivity index (χ2n) is 6.97. The van der Waals surface area contributed by atoms with E-state index in [0.717, 1.165) is 53.6 Å². The van der Waals surface area contributed by atoms with Gasteiger partial charge in [-0.2, -0.15) is 0 Å². The van der Waals surface area contributed by atoms with Crippen molar-refractivity contribution in [1.82, 2.24) is 0 Å². The molecule has 2 aromatic rings. The van der Waals surface area contributed by atoms with E-state index in [1.54, 1.807) is 0 Å². The lowest BCUT2D eigenvalue weighted by Crippen LogP contribution is -2.34. The van der Waals surface area contributed by atoms with E-state index >= 15 is 0 Å². The van der Waals surface area contributed by atoms with Gasteiger partial charge in [-0.05, 0) is 66.5 Å². The molecule has 0 spiro atoms. The molecule has 1 heterocycles. The first-order chi connectivity index (χ1) is 11.5. The molecular formula is C20H22N2O2. The number of nitrogens with one attached hydrogen (secondary N) is 1. The molecule has 1 aliphatic heterocycles. The van der Waals surface area contributed by atoms with Crippen molar-refractivity contribution >= 4 is 11.6 Å². The van der Waals surface area contributed by atoms with E-state index in [1.165, 1.54) is 0 Å². The Balaban J connectivity index is 1.62. The normalized spacial score (nSPS) is 22.1. The van der Waals surface area contributed by atoms with E-state index in [9.17, 15) is 9.90 Å². The maximum atomic E-state index is 11.8. The minimum atomic E-state index is -0.618. The highest BCUT2D eigenvalue weighted by atomic mass is 16.3. The zero-order valence-corrected chi connectivity index (χ0v) is 13.6. The van der Waals surface area contributed by atoms with Gasteiger partial charge in [-0.25, -0.2) is 0 Å². The van der Waals surface area contributed by atoms with Gasteiger partial charge in [0.25, 0.3) is 0 Å². The first-order valence-electron chi connectivity index (χ1n) is 8.58. The zero-order chi connectivity index (χ0) is 16.7. The van der Waals surface area contributed by atoms with Gasteiger partial charge in [0, 0.05) is 5.69 Å². The van der Waals surface area contributed by atoms with Crippen molar-refractivity contribution in [1.29, 1.82) is 0 Å². The number of rotatable bonds is 2. The summed E-state index contributed by atoms with van der Waals surface area (Å²) in [7, 11) is 0. The van der Waals surface area contributed by atoms with E-state index in [2.05, 4.69) is 23.5 Å². The van der Waals surface area contributed by atoms with Gasteiger partial charge in [0.15, 0.2) is 0 Å². The van der Waals surface area contributed by atoms with Crippen LogP contribution in [0.5, 0.6) is 0 Å². The van der Waals surface area contributed by atoms with Gasteiger partial charge >= 0.3 is 0 Å². The number of carbonyl (C=O) groups is 1. The molecule has 4 rings (SSSR count). The largest absolute Gasteiger partial charge is 0.385 e. The molecule has 1 saturated carbocycles. The lowest BCUT2D eigenvalue weighted by atomic mass is 9.75. The second kappa shape index (κ2) is 5.72. The fourth-order valence-electron chi connectivity index (χ4n) is 3.54. The number of fused-ring (bicyclic) bond motifs is 1. The summed E-state index contributed by atoms with van der Waals surface area (Å²) < 4.78 is 0. The summed E-state index contributed by atoms with van der Waals surface area (Å²) in [4.78, 5) is 11.8. The van der Waals surface area contributed by atoms with E-state index in [-0.39, 0.29) is 5.91 Å². The molecule has 1 aliphatic carbocycles. The fraction of sp³-hybridized carbons (Fsp3) is 0.350. The lowest BCUT2D eigenvalue weighted by Gasteiger charge is -2.37. The molecule has 2 aromatic carbocycles. The van der Waals surface area contributed by atoms with Gasteiger partial charge in [0.2, 0.25) is 5.91 Å². The lowest BCUT2D eigenvalue weighted by molar-refractivity contribution is -0.117. The molecule has 1 amide bonds. The minimum Gasteiger partial charge on any atom is -0.385 e. The van der Waals surface area contributed by atoms with Crippen LogP contribution in [0.25, 0.3) is 11.1 Å². The molecule has 0 bridgehead atoms. The van der Waals surface area contributed by atoms with Crippen molar-refractivity contribution in [3.8, 4) is 11.1 Å². The summed E-state index contributed by atoms with van der Waals surface area (Å²) in [5.74, 6) is -0.111. The van der Waals surface area contributed by atoms with Crippen LogP contribution in [0.15, 0.2) is 42.5 Å². The van der Waals surface area contributed by atoms with Crippen molar-refractivity contribution in [3.63, 3.8) is 0 Å². The number of aliphatic hydroxyl groups is 1. The van der Waals surface area contributed by atoms with E-state index in [1.807, 2.05) is 24.3 Å². The van der Waals surface area contributed by atoms with Crippen LogP contribution in [0.3, 0.4) is 0 Å². The van der Waals surface area contributed by atoms with Crippen LogP contribution < -0.4 is 11.1 Å². The van der Waals surface area contributed by atoms with Gasteiger partial charge in [0.1, 0.15) is 0 Å². The Morgan fingerprint density at radius 3 is 2.46 bits per heavy atom. The second-order valence-corrected chi connectivity index (χ2v) is 6.97. The minimum absolute atomic E-state index is 0.111. The topological polar surface area (TPSA) is 75.3 Å². The molecule has 124 valence electrons. The third-order valence-electron chi connectivity index (χ3n) is 5.36. The Morgan fingerprint density at radius 2 is 1.79 bits per heavy atom. The van der Waals surface area contributed by atoms with Crippen LogP contribution in [0, 0.1) is 0 Å². The Kier molecular flexibility index (Phi) is 3.66. The molecule has 1 fully saturated rings. The fourth-order valence-corrected chi connectivity index (χ4v) is 3.54. The van der Waals surface area contributed by atoms with Crippen LogP contribution in [-0.2, 0) is 16.8 Å². The Hall–Kier alpha value is -2.17. The number of aryl methyl sites for hydroxylation is 1. The molecule has 0 saturated heterocycles. The monoisotopic (exact) mass is 322 g/mol. The van der Waals surface area contributed by atoms with Crippen LogP contribution in [0.4, 0.5) is 5.69 Å².